The number of hydrogen-bond acceptors (Lipinski definition) is 6. The van der Waals surface area contributed by atoms with Crippen LogP contribution in [0.2, 0.25) is 0 Å². The molecule has 0 aromatic carbocycles. The van der Waals surface area contributed by atoms with Crippen molar-refractivity contribution in [3.63, 3.8) is 0 Å². The van der Waals surface area contributed by atoms with Crippen LogP contribution in [0.4, 0.5) is 5.82 Å². The number of primary amides is 1. The van der Waals surface area contributed by atoms with E-state index in [2.05, 4.69) is 15.3 Å². The zero-order chi connectivity index (χ0) is 15.6. The molecule has 0 saturated carbocycles. The zero-order valence-electron chi connectivity index (χ0n) is 11.5. The van der Waals surface area contributed by atoms with Crippen molar-refractivity contribution >= 4 is 29.0 Å². The van der Waals surface area contributed by atoms with Crippen molar-refractivity contribution in [3.8, 4) is 0 Å². The summed E-state index contributed by atoms with van der Waals surface area (Å²) in [4.78, 5) is 30.5. The number of carbonyl (C=O) groups is 2. The average Bonchev–Trinajstić information content (AvgIpc) is 2.88. The third kappa shape index (κ3) is 3.16. The van der Waals surface area contributed by atoms with Crippen molar-refractivity contribution in [1.82, 2.24) is 9.97 Å². The predicted molar refractivity (Wildman–Crippen MR) is 78.6 cm³/mol. The maximum Gasteiger partial charge on any atom is 0.355 e. The Labute approximate surface area is 124 Å². The monoisotopic (exact) mass is 306 g/mol. The van der Waals surface area contributed by atoms with E-state index < -0.39 is 11.9 Å². The second-order valence-corrected chi connectivity index (χ2v) is 5.35. The van der Waals surface area contributed by atoms with Crippen LogP contribution in [-0.4, -0.2) is 27.0 Å². The summed E-state index contributed by atoms with van der Waals surface area (Å²) in [7, 11) is 0. The number of thiazole rings is 1. The number of aromatic nitrogens is 2. The number of amides is 1. The number of nitrogens with zero attached hydrogens (tertiary/aromatic N) is 2. The van der Waals surface area contributed by atoms with Crippen LogP contribution >= 0.6 is 11.3 Å². The van der Waals surface area contributed by atoms with Crippen LogP contribution in [0.3, 0.4) is 0 Å². The lowest BCUT2D eigenvalue weighted by molar-refractivity contribution is 0.0691. The van der Waals surface area contributed by atoms with Crippen molar-refractivity contribution in [3.05, 3.63) is 39.5 Å². The van der Waals surface area contributed by atoms with E-state index in [4.69, 9.17) is 10.8 Å². The number of carboxylic acids is 1. The zero-order valence-corrected chi connectivity index (χ0v) is 12.3. The van der Waals surface area contributed by atoms with Crippen LogP contribution in [0, 0.1) is 6.92 Å². The summed E-state index contributed by atoms with van der Waals surface area (Å²) < 4.78 is 0. The minimum Gasteiger partial charge on any atom is -0.476 e. The van der Waals surface area contributed by atoms with Crippen LogP contribution in [-0.2, 0) is 0 Å². The number of hydrogen-bond donors (Lipinski definition) is 3. The molecule has 1 unspecified atom stereocenters. The standard InChI is InChI=1S/C13H14N4O3S/c1-6-3-4-15-11(9(6)10(14)18)16-7(2)12-17-8(5-21-12)13(19)20/h3-5,7H,1-2H3,(H2,14,18)(H,15,16)(H,19,20). The Morgan fingerprint density at radius 2 is 2.19 bits per heavy atom. The largest absolute Gasteiger partial charge is 0.476 e. The molecule has 0 aliphatic heterocycles. The van der Waals surface area contributed by atoms with Gasteiger partial charge >= 0.3 is 5.97 Å². The number of aromatic carboxylic acids is 1. The molecular weight excluding hydrogens is 292 g/mol. The molecule has 0 radical (unpaired) electrons. The van der Waals surface area contributed by atoms with Gasteiger partial charge in [0.05, 0.1) is 11.6 Å². The van der Waals surface area contributed by atoms with Crippen LogP contribution < -0.4 is 11.1 Å². The highest BCUT2D eigenvalue weighted by atomic mass is 32.1. The van der Waals surface area contributed by atoms with Crippen molar-refractivity contribution in [2.24, 2.45) is 5.73 Å². The number of anilines is 1. The van der Waals surface area contributed by atoms with Crippen LogP contribution in [0.5, 0.6) is 0 Å². The fraction of sp³-hybridized carbons (Fsp3) is 0.231. The number of aryl methyl sites for hydroxylation is 1. The summed E-state index contributed by atoms with van der Waals surface area (Å²) in [6.45, 7) is 3.57. The van der Waals surface area contributed by atoms with Crippen LogP contribution in [0.1, 0.15) is 44.4 Å². The summed E-state index contributed by atoms with van der Waals surface area (Å²) in [5, 5.41) is 14.0. The molecule has 7 nitrogen and oxygen atoms in total. The SMILES string of the molecule is Cc1ccnc(NC(C)c2nc(C(=O)O)cs2)c1C(N)=O. The highest BCUT2D eigenvalue weighted by Gasteiger charge is 2.18. The van der Waals surface area contributed by atoms with E-state index in [1.165, 1.54) is 16.7 Å². The van der Waals surface area contributed by atoms with Crippen LogP contribution in [0.25, 0.3) is 0 Å². The van der Waals surface area contributed by atoms with Gasteiger partial charge in [-0.1, -0.05) is 0 Å². The van der Waals surface area contributed by atoms with Crippen molar-refractivity contribution in [1.29, 1.82) is 0 Å². The first kappa shape index (κ1) is 14.9. The Bertz CT molecular complexity index is 698. The van der Waals surface area contributed by atoms with Crippen molar-refractivity contribution in [2.75, 3.05) is 5.32 Å². The first-order valence-electron chi connectivity index (χ1n) is 6.10. The molecule has 4 N–H and O–H groups in total. The molecule has 2 aromatic heterocycles. The van der Waals surface area contributed by atoms with Gasteiger partial charge < -0.3 is 16.2 Å². The first-order valence-corrected chi connectivity index (χ1v) is 6.98. The van der Waals surface area contributed by atoms with Crippen LogP contribution in [0.15, 0.2) is 17.6 Å². The lowest BCUT2D eigenvalue weighted by Crippen LogP contribution is -2.18. The van der Waals surface area contributed by atoms with E-state index in [1.807, 2.05) is 0 Å². The topological polar surface area (TPSA) is 118 Å². The highest BCUT2D eigenvalue weighted by molar-refractivity contribution is 7.09. The second kappa shape index (κ2) is 5.88. The molecule has 1 atom stereocenters. The Balaban J connectivity index is 2.27. The fourth-order valence-corrected chi connectivity index (χ4v) is 2.63. The van der Waals surface area contributed by atoms with Crippen molar-refractivity contribution in [2.45, 2.75) is 19.9 Å². The minimum absolute atomic E-state index is 0.00373. The molecule has 2 heterocycles. The summed E-state index contributed by atoms with van der Waals surface area (Å²) >= 11 is 1.23. The quantitative estimate of drug-likeness (QED) is 0.775. The van der Waals surface area contributed by atoms with Gasteiger partial charge in [-0.15, -0.1) is 11.3 Å². The third-order valence-electron chi connectivity index (χ3n) is 2.87. The van der Waals surface area contributed by atoms with Gasteiger partial charge in [0.25, 0.3) is 5.91 Å². The molecule has 2 rings (SSSR count). The van der Waals surface area contributed by atoms with Gasteiger partial charge in [0.1, 0.15) is 10.8 Å². The number of nitrogens with one attached hydrogen (secondary N) is 1. The van der Waals surface area contributed by atoms with Gasteiger partial charge in [-0.2, -0.15) is 0 Å². The molecule has 0 fully saturated rings. The number of carbonyl (C=O) groups excluding carboxylic acids is 1. The molecule has 1 amide bonds. The Kier molecular flexibility index (Phi) is 4.18. The molecule has 0 spiro atoms. The summed E-state index contributed by atoms with van der Waals surface area (Å²) in [5.41, 5.74) is 6.40. The fourth-order valence-electron chi connectivity index (χ4n) is 1.83. The van der Waals surface area contributed by atoms with E-state index in [1.54, 1.807) is 26.1 Å². The molecule has 0 aliphatic rings. The van der Waals surface area contributed by atoms with E-state index in [0.717, 1.165) is 5.56 Å². The summed E-state index contributed by atoms with van der Waals surface area (Å²) in [6, 6.07) is 1.40. The molecular formula is C13H14N4O3S. The molecule has 0 saturated heterocycles. The van der Waals surface area contributed by atoms with E-state index in [0.29, 0.717) is 16.4 Å². The molecule has 8 heteroatoms. The maximum absolute atomic E-state index is 11.5. The van der Waals surface area contributed by atoms with Gasteiger partial charge in [0.2, 0.25) is 0 Å². The maximum atomic E-state index is 11.5. The van der Waals surface area contributed by atoms with E-state index in [-0.39, 0.29) is 11.7 Å². The first-order chi connectivity index (χ1) is 9.90. The lowest BCUT2D eigenvalue weighted by atomic mass is 10.1. The Morgan fingerprint density at radius 1 is 1.48 bits per heavy atom. The summed E-state index contributed by atoms with van der Waals surface area (Å²) in [6.07, 6.45) is 1.57. The third-order valence-corrected chi connectivity index (χ3v) is 3.90. The smallest absolute Gasteiger partial charge is 0.355 e. The Hall–Kier alpha value is -2.48. The molecule has 0 aliphatic carbocycles. The van der Waals surface area contributed by atoms with Gasteiger partial charge in [-0.3, -0.25) is 4.79 Å². The van der Waals surface area contributed by atoms with Gasteiger partial charge in [0, 0.05) is 11.6 Å². The van der Waals surface area contributed by atoms with Gasteiger partial charge in [-0.05, 0) is 25.5 Å². The Morgan fingerprint density at radius 3 is 2.76 bits per heavy atom. The molecule has 0 bridgehead atoms. The molecule has 2 aromatic rings. The average molecular weight is 306 g/mol. The number of nitrogens with two attached hydrogens (primary N) is 1. The highest BCUT2D eigenvalue weighted by Crippen LogP contribution is 2.24. The normalized spacial score (nSPS) is 11.9. The molecule has 21 heavy (non-hydrogen) atoms. The minimum atomic E-state index is -1.07. The van der Waals surface area contributed by atoms with Gasteiger partial charge in [-0.25, -0.2) is 14.8 Å². The molecule has 110 valence electrons. The van der Waals surface area contributed by atoms with E-state index in [9.17, 15) is 9.59 Å². The lowest BCUT2D eigenvalue weighted by Gasteiger charge is -2.15. The van der Waals surface area contributed by atoms with E-state index >= 15 is 0 Å². The number of rotatable bonds is 5. The predicted octanol–water partition coefficient (Wildman–Crippen LogP) is 1.82. The van der Waals surface area contributed by atoms with Crippen molar-refractivity contribution < 1.29 is 14.7 Å². The van der Waals surface area contributed by atoms with Gasteiger partial charge in [0.15, 0.2) is 5.69 Å². The summed E-state index contributed by atoms with van der Waals surface area (Å²) in [5.74, 6) is -1.28. The number of pyridine rings is 1. The second-order valence-electron chi connectivity index (χ2n) is 4.46. The number of carboxylic acid groups (broad SMARTS) is 1.